The number of ether oxygens (including phenoxy) is 2. The summed E-state index contributed by atoms with van der Waals surface area (Å²) < 4.78 is 11.4. The van der Waals surface area contributed by atoms with Gasteiger partial charge in [0.15, 0.2) is 6.10 Å². The first-order chi connectivity index (χ1) is 12.7. The molecule has 2 rings (SSSR count). The van der Waals surface area contributed by atoms with Crippen molar-refractivity contribution in [3.05, 3.63) is 29.3 Å². The molecule has 144 valence electrons. The molecule has 1 heterocycles. The Morgan fingerprint density at radius 3 is 2.48 bits per heavy atom. The van der Waals surface area contributed by atoms with Crippen LogP contribution in [0, 0.1) is 11.3 Å². The van der Waals surface area contributed by atoms with Gasteiger partial charge >= 0.3 is 5.97 Å². The first-order valence-corrected chi connectivity index (χ1v) is 8.15. The SMILES string of the molecule is CON(C=O)N(C(C)=O)C1c2cc(C#N)ccc2OC(C)(C)C1OC(C)=O. The number of fused-ring (bicyclic) bond motifs is 1. The molecule has 2 amide bonds. The van der Waals surface area contributed by atoms with Crippen molar-refractivity contribution < 1.29 is 28.7 Å². The molecule has 0 radical (unpaired) electrons. The number of benzene rings is 1. The van der Waals surface area contributed by atoms with Crippen molar-refractivity contribution in [3.8, 4) is 11.8 Å². The van der Waals surface area contributed by atoms with E-state index in [1.807, 2.05) is 6.07 Å². The summed E-state index contributed by atoms with van der Waals surface area (Å²) in [6, 6.07) is 5.76. The third-order valence-electron chi connectivity index (χ3n) is 4.17. The lowest BCUT2D eigenvalue weighted by Gasteiger charge is -2.48. The maximum atomic E-state index is 12.4. The Kier molecular flexibility index (Phi) is 5.71. The van der Waals surface area contributed by atoms with Crippen molar-refractivity contribution >= 4 is 18.3 Å². The summed E-state index contributed by atoms with van der Waals surface area (Å²) >= 11 is 0. The first kappa shape index (κ1) is 20.2. The molecule has 27 heavy (non-hydrogen) atoms. The largest absolute Gasteiger partial charge is 0.484 e. The van der Waals surface area contributed by atoms with Gasteiger partial charge in [-0.25, -0.2) is 5.01 Å². The van der Waals surface area contributed by atoms with E-state index in [4.69, 9.17) is 14.3 Å². The molecule has 0 aromatic heterocycles. The molecule has 1 aliphatic heterocycles. The minimum Gasteiger partial charge on any atom is -0.484 e. The zero-order chi connectivity index (χ0) is 20.4. The molecule has 0 saturated carbocycles. The highest BCUT2D eigenvalue weighted by atomic mass is 16.7. The van der Waals surface area contributed by atoms with E-state index in [-0.39, 0.29) is 0 Å². The van der Waals surface area contributed by atoms with Crippen molar-refractivity contribution in [2.45, 2.75) is 45.4 Å². The highest BCUT2D eigenvalue weighted by molar-refractivity contribution is 5.75. The number of hydrazine groups is 1. The highest BCUT2D eigenvalue weighted by Crippen LogP contribution is 2.45. The fourth-order valence-electron chi connectivity index (χ4n) is 3.11. The molecule has 0 fully saturated rings. The van der Waals surface area contributed by atoms with Crippen LogP contribution in [0.15, 0.2) is 18.2 Å². The lowest BCUT2D eigenvalue weighted by atomic mass is 9.85. The Morgan fingerprint density at radius 1 is 1.33 bits per heavy atom. The summed E-state index contributed by atoms with van der Waals surface area (Å²) in [5, 5.41) is 11.0. The van der Waals surface area contributed by atoms with E-state index in [1.165, 1.54) is 27.0 Å². The van der Waals surface area contributed by atoms with Crippen LogP contribution in [0.4, 0.5) is 0 Å². The van der Waals surface area contributed by atoms with Crippen LogP contribution < -0.4 is 4.74 Å². The van der Waals surface area contributed by atoms with Gasteiger partial charge in [-0.3, -0.25) is 19.2 Å². The average molecular weight is 375 g/mol. The van der Waals surface area contributed by atoms with Crippen LogP contribution in [0.5, 0.6) is 5.75 Å². The smallest absolute Gasteiger partial charge is 0.303 e. The predicted molar refractivity (Wildman–Crippen MR) is 91.6 cm³/mol. The third-order valence-corrected chi connectivity index (χ3v) is 4.17. The molecule has 0 N–H and O–H groups in total. The molecule has 9 nitrogen and oxygen atoms in total. The lowest BCUT2D eigenvalue weighted by molar-refractivity contribution is -0.266. The van der Waals surface area contributed by atoms with E-state index in [1.54, 1.807) is 26.0 Å². The fourth-order valence-corrected chi connectivity index (χ4v) is 3.11. The van der Waals surface area contributed by atoms with Crippen molar-refractivity contribution in [2.24, 2.45) is 0 Å². The van der Waals surface area contributed by atoms with Gasteiger partial charge in [0.05, 0.1) is 18.7 Å². The van der Waals surface area contributed by atoms with E-state index in [2.05, 4.69) is 0 Å². The number of nitrogens with zero attached hydrogens (tertiary/aromatic N) is 3. The maximum absolute atomic E-state index is 12.4. The number of hydrogen-bond acceptors (Lipinski definition) is 7. The normalized spacial score (nSPS) is 19.7. The Balaban J connectivity index is 2.75. The van der Waals surface area contributed by atoms with E-state index in [9.17, 15) is 19.6 Å². The van der Waals surface area contributed by atoms with Crippen LogP contribution in [0.3, 0.4) is 0 Å². The van der Waals surface area contributed by atoms with Gasteiger partial charge in [0.2, 0.25) is 5.91 Å². The Bertz CT molecular complexity index is 801. The van der Waals surface area contributed by atoms with E-state index < -0.39 is 29.6 Å². The van der Waals surface area contributed by atoms with Crippen molar-refractivity contribution in [1.29, 1.82) is 5.26 Å². The van der Waals surface area contributed by atoms with Crippen LogP contribution in [0.2, 0.25) is 0 Å². The first-order valence-electron chi connectivity index (χ1n) is 8.15. The Labute approximate surface area is 156 Å². The van der Waals surface area contributed by atoms with Crippen LogP contribution in [-0.4, -0.2) is 47.3 Å². The molecule has 1 aromatic rings. The van der Waals surface area contributed by atoms with Crippen LogP contribution in [0.1, 0.15) is 44.9 Å². The molecular formula is C18H21N3O6. The monoisotopic (exact) mass is 375 g/mol. The number of hydroxylamine groups is 1. The summed E-state index contributed by atoms with van der Waals surface area (Å²) in [6.07, 6.45) is -0.652. The number of rotatable bonds is 5. The van der Waals surface area contributed by atoms with Gasteiger partial charge in [-0.05, 0) is 32.0 Å². The van der Waals surface area contributed by atoms with E-state index in [0.29, 0.717) is 28.5 Å². The molecule has 1 aliphatic rings. The standard InChI is InChI=1S/C18H21N3O6/c1-11(23)21(20(10-22)25-5)16-14-8-13(9-19)6-7-15(14)27-18(3,4)17(16)26-12(2)24/h6-8,10,16-17H,1-5H3. The highest BCUT2D eigenvalue weighted by Gasteiger charge is 2.51. The van der Waals surface area contributed by atoms with Gasteiger partial charge in [-0.15, -0.1) is 5.17 Å². The van der Waals surface area contributed by atoms with Crippen LogP contribution >= 0.6 is 0 Å². The number of nitriles is 1. The van der Waals surface area contributed by atoms with E-state index in [0.717, 1.165) is 5.01 Å². The van der Waals surface area contributed by atoms with Gasteiger partial charge in [0.25, 0.3) is 6.41 Å². The number of hydrogen-bond donors (Lipinski definition) is 0. The van der Waals surface area contributed by atoms with E-state index >= 15 is 0 Å². The quantitative estimate of drug-likeness (QED) is 0.436. The second-order valence-corrected chi connectivity index (χ2v) is 6.50. The van der Waals surface area contributed by atoms with Crippen molar-refractivity contribution in [1.82, 2.24) is 10.2 Å². The number of carbonyl (C=O) groups excluding carboxylic acids is 3. The summed E-state index contributed by atoms with van der Waals surface area (Å²) in [5.74, 6) is -0.710. The molecule has 2 atom stereocenters. The number of esters is 1. The summed E-state index contributed by atoms with van der Waals surface area (Å²) in [4.78, 5) is 40.6. The summed E-state index contributed by atoms with van der Waals surface area (Å²) in [5.41, 5.74) is -0.297. The van der Waals surface area contributed by atoms with Gasteiger partial charge in [-0.2, -0.15) is 5.26 Å². The molecule has 0 bridgehead atoms. The maximum Gasteiger partial charge on any atom is 0.303 e. The molecular weight excluding hydrogens is 354 g/mol. The Morgan fingerprint density at radius 2 is 2.00 bits per heavy atom. The van der Waals surface area contributed by atoms with Crippen LogP contribution in [-0.2, 0) is 24.0 Å². The molecule has 0 saturated heterocycles. The number of amides is 2. The zero-order valence-corrected chi connectivity index (χ0v) is 15.8. The topological polar surface area (TPSA) is 109 Å². The third kappa shape index (κ3) is 3.85. The Hall–Kier alpha value is -3.12. The fraction of sp³-hybridized carbons (Fsp3) is 0.444. The predicted octanol–water partition coefficient (Wildman–Crippen LogP) is 1.49. The van der Waals surface area contributed by atoms with Crippen molar-refractivity contribution in [2.75, 3.05) is 7.11 Å². The van der Waals surface area contributed by atoms with Gasteiger partial charge in [0, 0.05) is 19.4 Å². The van der Waals surface area contributed by atoms with Crippen molar-refractivity contribution in [3.63, 3.8) is 0 Å². The van der Waals surface area contributed by atoms with Gasteiger partial charge < -0.3 is 9.47 Å². The number of carbonyl (C=O) groups is 3. The minimum absolute atomic E-state index is 0.321. The molecule has 1 aromatic carbocycles. The lowest BCUT2D eigenvalue weighted by Crippen LogP contribution is -2.59. The van der Waals surface area contributed by atoms with Crippen LogP contribution in [0.25, 0.3) is 0 Å². The second kappa shape index (κ2) is 7.63. The molecule has 9 heteroatoms. The average Bonchev–Trinajstić information content (AvgIpc) is 2.59. The van der Waals surface area contributed by atoms with Gasteiger partial charge in [0.1, 0.15) is 17.4 Å². The molecule has 2 unspecified atom stereocenters. The zero-order valence-electron chi connectivity index (χ0n) is 15.8. The van der Waals surface area contributed by atoms with Gasteiger partial charge in [-0.1, -0.05) is 0 Å². The summed E-state index contributed by atoms with van der Waals surface area (Å²) in [7, 11) is 1.22. The second-order valence-electron chi connectivity index (χ2n) is 6.50. The molecule has 0 spiro atoms. The summed E-state index contributed by atoms with van der Waals surface area (Å²) in [6.45, 7) is 5.88. The molecule has 0 aliphatic carbocycles. The minimum atomic E-state index is -1.03.